The largest absolute Gasteiger partial charge is 0.507 e. The van der Waals surface area contributed by atoms with Crippen LogP contribution in [0.4, 0.5) is 0 Å². The zero-order valence-corrected chi connectivity index (χ0v) is 13.7. The average molecular weight is 360 g/mol. The molecule has 0 saturated carbocycles. The molecule has 0 fully saturated rings. The predicted octanol–water partition coefficient (Wildman–Crippen LogP) is 2.06. The van der Waals surface area contributed by atoms with Gasteiger partial charge in [0.15, 0.2) is 0 Å². The summed E-state index contributed by atoms with van der Waals surface area (Å²) >= 11 is 5.96. The normalized spacial score (nSPS) is 13.7. The van der Waals surface area contributed by atoms with Crippen LogP contribution in [0.25, 0.3) is 11.3 Å². The molecule has 2 aromatic heterocycles. The quantitative estimate of drug-likeness (QED) is 0.558. The van der Waals surface area contributed by atoms with Crippen LogP contribution in [0.1, 0.15) is 21.6 Å². The molecule has 9 heteroatoms. The van der Waals surface area contributed by atoms with E-state index >= 15 is 0 Å². The fraction of sp³-hybridized carbons (Fsp3) is 0.188. The Morgan fingerprint density at radius 1 is 1.28 bits per heavy atom. The van der Waals surface area contributed by atoms with Crippen LogP contribution >= 0.6 is 11.6 Å². The van der Waals surface area contributed by atoms with Gasteiger partial charge in [-0.25, -0.2) is 0 Å². The topological polar surface area (TPSA) is 118 Å². The van der Waals surface area contributed by atoms with Gasteiger partial charge in [0, 0.05) is 48.6 Å². The Labute approximate surface area is 147 Å². The van der Waals surface area contributed by atoms with Crippen molar-refractivity contribution in [3.8, 4) is 22.8 Å². The minimum Gasteiger partial charge on any atom is -0.507 e. The molecule has 0 radical (unpaired) electrons. The molecule has 4 N–H and O–H groups in total. The molecule has 3 heterocycles. The van der Waals surface area contributed by atoms with Crippen molar-refractivity contribution in [2.75, 3.05) is 6.54 Å². The molecule has 0 spiro atoms. The van der Waals surface area contributed by atoms with E-state index in [1.165, 1.54) is 18.3 Å². The molecule has 25 heavy (non-hydrogen) atoms. The van der Waals surface area contributed by atoms with E-state index in [-0.39, 0.29) is 22.4 Å². The molecular formula is C16H14ClN5O3. The first kappa shape index (κ1) is 15.5. The molecule has 1 aromatic carbocycles. The Morgan fingerprint density at radius 2 is 2.12 bits per heavy atom. The van der Waals surface area contributed by atoms with Crippen LogP contribution in [0.5, 0.6) is 11.5 Å². The Balaban J connectivity index is 1.70. The summed E-state index contributed by atoms with van der Waals surface area (Å²) in [7, 11) is 0. The Morgan fingerprint density at radius 3 is 2.88 bits per heavy atom. The third-order valence-corrected chi connectivity index (χ3v) is 4.59. The van der Waals surface area contributed by atoms with Crippen LogP contribution < -0.4 is 0 Å². The zero-order chi connectivity index (χ0) is 17.6. The third kappa shape index (κ3) is 2.60. The minimum atomic E-state index is -0.205. The van der Waals surface area contributed by atoms with Crippen molar-refractivity contribution in [2.45, 2.75) is 13.0 Å². The van der Waals surface area contributed by atoms with Crippen LogP contribution in [0.2, 0.25) is 5.02 Å². The van der Waals surface area contributed by atoms with Gasteiger partial charge in [0.05, 0.1) is 16.8 Å². The molecule has 3 aromatic rings. The first-order valence-corrected chi connectivity index (χ1v) is 7.98. The maximum atomic E-state index is 12.5. The van der Waals surface area contributed by atoms with Gasteiger partial charge in [-0.3, -0.25) is 15.0 Å². The van der Waals surface area contributed by atoms with Crippen molar-refractivity contribution < 1.29 is 15.0 Å². The molecule has 0 aliphatic carbocycles. The third-order valence-electron chi connectivity index (χ3n) is 4.29. The van der Waals surface area contributed by atoms with Crippen LogP contribution in [0.3, 0.4) is 0 Å². The van der Waals surface area contributed by atoms with Crippen LogP contribution in [0.15, 0.2) is 24.5 Å². The summed E-state index contributed by atoms with van der Waals surface area (Å²) in [6.45, 7) is 0.907. The lowest BCUT2D eigenvalue weighted by molar-refractivity contribution is 0.0734. The Kier molecular flexibility index (Phi) is 3.61. The molecule has 0 unspecified atom stereocenters. The van der Waals surface area contributed by atoms with Gasteiger partial charge in [0.2, 0.25) is 0 Å². The molecular weight excluding hydrogens is 346 g/mol. The first-order chi connectivity index (χ1) is 12.0. The predicted molar refractivity (Wildman–Crippen MR) is 89.4 cm³/mol. The van der Waals surface area contributed by atoms with Crippen molar-refractivity contribution in [1.82, 2.24) is 25.3 Å². The highest BCUT2D eigenvalue weighted by atomic mass is 35.5. The number of phenols is 2. The Hall–Kier alpha value is -3.00. The number of halogens is 1. The fourth-order valence-corrected chi connectivity index (χ4v) is 3.15. The number of aromatic amines is 2. The molecule has 1 amide bonds. The lowest BCUT2D eigenvalue weighted by atomic mass is 10.00. The van der Waals surface area contributed by atoms with Crippen molar-refractivity contribution in [3.63, 3.8) is 0 Å². The molecule has 1 aliphatic rings. The number of fused-ring (bicyclic) bond motifs is 1. The molecule has 8 nitrogen and oxygen atoms in total. The van der Waals surface area contributed by atoms with E-state index in [0.29, 0.717) is 36.3 Å². The summed E-state index contributed by atoms with van der Waals surface area (Å²) < 4.78 is 0. The number of amides is 1. The summed E-state index contributed by atoms with van der Waals surface area (Å²) in [5, 5.41) is 33.5. The van der Waals surface area contributed by atoms with Crippen molar-refractivity contribution in [3.05, 3.63) is 46.4 Å². The number of rotatable bonds is 2. The summed E-state index contributed by atoms with van der Waals surface area (Å²) in [4.78, 5) is 14.2. The minimum absolute atomic E-state index is 0.117. The number of hydrogen-bond acceptors (Lipinski definition) is 5. The van der Waals surface area contributed by atoms with Gasteiger partial charge in [-0.1, -0.05) is 11.6 Å². The number of carbonyl (C=O) groups is 1. The van der Waals surface area contributed by atoms with Crippen molar-refractivity contribution >= 4 is 17.5 Å². The highest BCUT2D eigenvalue weighted by Gasteiger charge is 2.28. The van der Waals surface area contributed by atoms with Crippen molar-refractivity contribution in [2.24, 2.45) is 0 Å². The number of carbonyl (C=O) groups excluding carboxylic acids is 1. The molecule has 0 bridgehead atoms. The lowest BCUT2D eigenvalue weighted by Crippen LogP contribution is -2.35. The number of H-pyrrole nitrogens is 2. The number of nitrogens with one attached hydrogen (secondary N) is 2. The van der Waals surface area contributed by atoms with Gasteiger partial charge >= 0.3 is 0 Å². The first-order valence-electron chi connectivity index (χ1n) is 7.60. The molecule has 128 valence electrons. The fourth-order valence-electron chi connectivity index (χ4n) is 2.98. The summed E-state index contributed by atoms with van der Waals surface area (Å²) in [5.41, 5.74) is 3.14. The van der Waals surface area contributed by atoms with Crippen LogP contribution in [0, 0.1) is 0 Å². The summed E-state index contributed by atoms with van der Waals surface area (Å²) in [6, 6.07) is 2.63. The van der Waals surface area contributed by atoms with Gasteiger partial charge in [0.25, 0.3) is 5.91 Å². The van der Waals surface area contributed by atoms with E-state index in [1.54, 1.807) is 11.1 Å². The highest BCUT2D eigenvalue weighted by molar-refractivity contribution is 6.32. The molecule has 4 rings (SSSR count). The number of nitrogens with zero attached hydrogens (tertiary/aromatic N) is 3. The van der Waals surface area contributed by atoms with Gasteiger partial charge in [-0.15, -0.1) is 0 Å². The SMILES string of the molecule is O=C(c1cn[nH]c1)N1CCc2[nH]nc(-c3cc(Cl)c(O)cc3O)c2C1. The van der Waals surface area contributed by atoms with Gasteiger partial charge < -0.3 is 15.1 Å². The van der Waals surface area contributed by atoms with E-state index in [9.17, 15) is 15.0 Å². The highest BCUT2D eigenvalue weighted by Crippen LogP contribution is 2.39. The monoisotopic (exact) mass is 359 g/mol. The van der Waals surface area contributed by atoms with Crippen LogP contribution in [-0.2, 0) is 13.0 Å². The van der Waals surface area contributed by atoms with Gasteiger partial charge in [-0.2, -0.15) is 10.2 Å². The number of aromatic nitrogens is 4. The molecule has 1 aliphatic heterocycles. The van der Waals surface area contributed by atoms with E-state index in [2.05, 4.69) is 20.4 Å². The standard InChI is InChI=1S/C16H14ClN5O3/c17-11-3-9(13(23)4-14(11)24)15-10-7-22(2-1-12(10)20-21-15)16(25)8-5-18-19-6-8/h3-6,23-24H,1-2,7H2,(H,18,19)(H,20,21). The Bertz CT molecular complexity index is 951. The molecule has 0 atom stereocenters. The summed E-state index contributed by atoms with van der Waals surface area (Å²) in [6.07, 6.45) is 3.66. The molecule has 0 saturated heterocycles. The van der Waals surface area contributed by atoms with Gasteiger partial charge in [-0.05, 0) is 6.07 Å². The number of benzene rings is 1. The van der Waals surface area contributed by atoms with Gasteiger partial charge in [0.1, 0.15) is 17.2 Å². The number of hydrogen-bond donors (Lipinski definition) is 4. The van der Waals surface area contributed by atoms with E-state index in [4.69, 9.17) is 11.6 Å². The summed E-state index contributed by atoms with van der Waals surface area (Å²) in [5.74, 6) is -0.460. The maximum absolute atomic E-state index is 12.5. The van der Waals surface area contributed by atoms with Crippen LogP contribution in [-0.4, -0.2) is 48.0 Å². The second-order valence-electron chi connectivity index (χ2n) is 5.81. The average Bonchev–Trinajstić information content (AvgIpc) is 3.26. The van der Waals surface area contributed by atoms with E-state index in [1.807, 2.05) is 0 Å². The number of phenolic OH excluding ortho intramolecular Hbond substituents is 2. The maximum Gasteiger partial charge on any atom is 0.257 e. The smallest absolute Gasteiger partial charge is 0.257 e. The second kappa shape index (κ2) is 5.82. The van der Waals surface area contributed by atoms with Crippen molar-refractivity contribution in [1.29, 1.82) is 0 Å². The van der Waals surface area contributed by atoms with E-state index < -0.39 is 0 Å². The second-order valence-corrected chi connectivity index (χ2v) is 6.22. The lowest BCUT2D eigenvalue weighted by Gasteiger charge is -2.26. The zero-order valence-electron chi connectivity index (χ0n) is 13.0. The van der Waals surface area contributed by atoms with E-state index in [0.717, 1.165) is 11.3 Å². The number of aromatic hydroxyl groups is 2.